The SMILES string of the molecule is N#CC(=Cc1cccc(CCOC(=O)N[C@@H](Cc2ccccc2)B(O)O)c1)c1ccncn1. The van der Waals surface area contributed by atoms with Gasteiger partial charge in [-0.1, -0.05) is 54.6 Å². The molecule has 0 aliphatic rings. The van der Waals surface area contributed by atoms with Gasteiger partial charge in [0.25, 0.3) is 0 Å². The molecule has 3 N–H and O–H groups in total. The van der Waals surface area contributed by atoms with Crippen molar-refractivity contribution in [2.45, 2.75) is 18.8 Å². The lowest BCUT2D eigenvalue weighted by atomic mass is 9.76. The van der Waals surface area contributed by atoms with E-state index in [4.69, 9.17) is 4.74 Å². The predicted molar refractivity (Wildman–Crippen MR) is 124 cm³/mol. The molecule has 0 aliphatic carbocycles. The molecule has 2 aromatic carbocycles. The van der Waals surface area contributed by atoms with Gasteiger partial charge in [-0.3, -0.25) is 0 Å². The molecule has 8 nitrogen and oxygen atoms in total. The van der Waals surface area contributed by atoms with Gasteiger partial charge in [-0.2, -0.15) is 5.26 Å². The first kappa shape index (κ1) is 23.7. The van der Waals surface area contributed by atoms with Crippen molar-refractivity contribution in [2.24, 2.45) is 0 Å². The van der Waals surface area contributed by atoms with E-state index in [2.05, 4.69) is 21.4 Å². The Hall–Kier alpha value is -4.00. The second-order valence-electron chi connectivity index (χ2n) is 7.25. The van der Waals surface area contributed by atoms with Crippen molar-refractivity contribution < 1.29 is 19.6 Å². The first-order valence-corrected chi connectivity index (χ1v) is 10.4. The van der Waals surface area contributed by atoms with E-state index in [1.807, 2.05) is 54.6 Å². The number of ether oxygens (including phenoxy) is 1. The molecule has 0 spiro atoms. The summed E-state index contributed by atoms with van der Waals surface area (Å²) in [6.45, 7) is 0.107. The smallest absolute Gasteiger partial charge is 0.449 e. The van der Waals surface area contributed by atoms with Crippen molar-refractivity contribution in [2.75, 3.05) is 6.61 Å². The monoisotopic (exact) mass is 442 g/mol. The fourth-order valence-corrected chi connectivity index (χ4v) is 3.17. The predicted octanol–water partition coefficient (Wildman–Crippen LogP) is 2.43. The Labute approximate surface area is 192 Å². The molecule has 0 fully saturated rings. The molecule has 166 valence electrons. The Balaban J connectivity index is 1.54. The van der Waals surface area contributed by atoms with Crippen LogP contribution in [0.2, 0.25) is 0 Å². The number of nitrogens with zero attached hydrogens (tertiary/aromatic N) is 3. The Kier molecular flexibility index (Phi) is 8.71. The first-order chi connectivity index (χ1) is 16.0. The lowest BCUT2D eigenvalue weighted by Gasteiger charge is -2.17. The minimum Gasteiger partial charge on any atom is -0.449 e. The molecule has 0 radical (unpaired) electrons. The number of carbonyl (C=O) groups is 1. The van der Waals surface area contributed by atoms with Crippen LogP contribution >= 0.6 is 0 Å². The summed E-state index contributed by atoms with van der Waals surface area (Å²) in [5, 5.41) is 31.1. The van der Waals surface area contributed by atoms with E-state index >= 15 is 0 Å². The molecule has 1 heterocycles. The molecule has 1 atom stereocenters. The molecule has 33 heavy (non-hydrogen) atoms. The van der Waals surface area contributed by atoms with Crippen LogP contribution < -0.4 is 5.32 Å². The second-order valence-corrected chi connectivity index (χ2v) is 7.25. The summed E-state index contributed by atoms with van der Waals surface area (Å²) in [6, 6.07) is 20.5. The number of amides is 1. The number of nitriles is 1. The second kappa shape index (κ2) is 12.1. The molecule has 3 aromatic rings. The molecular formula is C24H23BN4O4. The van der Waals surface area contributed by atoms with Crippen molar-refractivity contribution in [1.29, 1.82) is 5.26 Å². The van der Waals surface area contributed by atoms with Crippen LogP contribution in [0.1, 0.15) is 22.4 Å². The zero-order valence-electron chi connectivity index (χ0n) is 17.8. The van der Waals surface area contributed by atoms with Crippen molar-refractivity contribution in [3.05, 3.63) is 95.6 Å². The molecule has 1 amide bonds. The Morgan fingerprint density at radius 3 is 2.64 bits per heavy atom. The van der Waals surface area contributed by atoms with Crippen molar-refractivity contribution in [3.8, 4) is 6.07 Å². The highest BCUT2D eigenvalue weighted by atomic mass is 16.5. The van der Waals surface area contributed by atoms with Gasteiger partial charge in [-0.25, -0.2) is 14.8 Å². The maximum Gasteiger partial charge on any atom is 0.475 e. The van der Waals surface area contributed by atoms with Gasteiger partial charge in [0.15, 0.2) is 0 Å². The molecule has 0 saturated heterocycles. The molecule has 1 aromatic heterocycles. The van der Waals surface area contributed by atoms with Crippen molar-refractivity contribution in [1.82, 2.24) is 15.3 Å². The Morgan fingerprint density at radius 1 is 1.15 bits per heavy atom. The zero-order valence-corrected chi connectivity index (χ0v) is 17.8. The minimum absolute atomic E-state index is 0.107. The lowest BCUT2D eigenvalue weighted by Crippen LogP contribution is -2.48. The summed E-state index contributed by atoms with van der Waals surface area (Å²) in [5.74, 6) is -0.889. The number of aromatic nitrogens is 2. The number of nitrogens with one attached hydrogen (secondary N) is 1. The van der Waals surface area contributed by atoms with Crippen LogP contribution in [0, 0.1) is 11.3 Å². The van der Waals surface area contributed by atoms with Gasteiger partial charge in [0, 0.05) is 12.6 Å². The third kappa shape index (κ3) is 7.57. The summed E-state index contributed by atoms with van der Waals surface area (Å²) >= 11 is 0. The average molecular weight is 442 g/mol. The number of carbonyl (C=O) groups excluding carboxylic acids is 1. The number of rotatable bonds is 9. The molecule has 9 heteroatoms. The minimum atomic E-state index is -1.72. The topological polar surface area (TPSA) is 128 Å². The van der Waals surface area contributed by atoms with Crippen LogP contribution in [0.15, 0.2) is 73.2 Å². The molecule has 0 aliphatic heterocycles. The largest absolute Gasteiger partial charge is 0.475 e. The fraction of sp³-hybridized carbons (Fsp3) is 0.167. The molecular weight excluding hydrogens is 419 g/mol. The number of benzene rings is 2. The summed E-state index contributed by atoms with van der Waals surface area (Å²) in [5.41, 5.74) is 3.55. The van der Waals surface area contributed by atoms with Crippen LogP contribution in [-0.4, -0.2) is 45.8 Å². The van der Waals surface area contributed by atoms with E-state index in [0.29, 0.717) is 17.7 Å². The third-order valence-electron chi connectivity index (χ3n) is 4.83. The molecule has 0 unspecified atom stereocenters. The Morgan fingerprint density at radius 2 is 1.94 bits per heavy atom. The summed E-state index contributed by atoms with van der Waals surface area (Å²) in [4.78, 5) is 20.1. The highest BCUT2D eigenvalue weighted by Gasteiger charge is 2.26. The normalized spacial score (nSPS) is 11.8. The van der Waals surface area contributed by atoms with E-state index < -0.39 is 19.2 Å². The van der Waals surface area contributed by atoms with Gasteiger partial charge < -0.3 is 20.1 Å². The zero-order chi connectivity index (χ0) is 23.5. The Bertz CT molecular complexity index is 1120. The van der Waals surface area contributed by atoms with Crippen LogP contribution in [-0.2, 0) is 17.6 Å². The van der Waals surface area contributed by atoms with Gasteiger partial charge >= 0.3 is 13.2 Å². The van der Waals surface area contributed by atoms with E-state index in [1.54, 1.807) is 18.3 Å². The quantitative estimate of drug-likeness (QED) is 0.343. The maximum atomic E-state index is 12.1. The first-order valence-electron chi connectivity index (χ1n) is 10.4. The standard InChI is InChI=1S/C24H23BN4O4/c26-16-21(22-9-11-27-17-28-22)14-20-8-4-7-19(13-20)10-12-33-24(30)29-23(25(31)32)15-18-5-2-1-3-6-18/h1-9,11,13-14,17,23,31-32H,10,12,15H2,(H,29,30)/t23-/m0/s1. The van der Waals surface area contributed by atoms with E-state index in [0.717, 1.165) is 16.7 Å². The summed E-state index contributed by atoms with van der Waals surface area (Å²) in [7, 11) is -1.72. The summed E-state index contributed by atoms with van der Waals surface area (Å²) in [6.07, 6.45) is 4.68. The van der Waals surface area contributed by atoms with Crippen LogP contribution in [0.25, 0.3) is 11.6 Å². The highest BCUT2D eigenvalue weighted by molar-refractivity contribution is 6.43. The van der Waals surface area contributed by atoms with Gasteiger partial charge in [-0.05, 0) is 35.3 Å². The van der Waals surface area contributed by atoms with Crippen molar-refractivity contribution in [3.63, 3.8) is 0 Å². The van der Waals surface area contributed by atoms with E-state index in [9.17, 15) is 20.1 Å². The van der Waals surface area contributed by atoms with Gasteiger partial charge in [0.05, 0.1) is 23.8 Å². The van der Waals surface area contributed by atoms with Gasteiger partial charge in [-0.15, -0.1) is 0 Å². The number of allylic oxidation sites excluding steroid dienone is 1. The number of alkyl carbamates (subject to hydrolysis) is 1. The molecule has 0 saturated carbocycles. The third-order valence-corrected chi connectivity index (χ3v) is 4.83. The molecule has 3 rings (SSSR count). The average Bonchev–Trinajstić information content (AvgIpc) is 2.83. The van der Waals surface area contributed by atoms with Crippen LogP contribution in [0.4, 0.5) is 4.79 Å². The highest BCUT2D eigenvalue weighted by Crippen LogP contribution is 2.16. The van der Waals surface area contributed by atoms with Gasteiger partial charge in [0.2, 0.25) is 0 Å². The van der Waals surface area contributed by atoms with Gasteiger partial charge in [0.1, 0.15) is 12.4 Å². The van der Waals surface area contributed by atoms with E-state index in [-0.39, 0.29) is 13.0 Å². The number of hydrogen-bond donors (Lipinski definition) is 3. The fourth-order valence-electron chi connectivity index (χ4n) is 3.17. The van der Waals surface area contributed by atoms with Crippen LogP contribution in [0.3, 0.4) is 0 Å². The maximum absolute atomic E-state index is 12.1. The lowest BCUT2D eigenvalue weighted by molar-refractivity contribution is 0.144. The summed E-state index contributed by atoms with van der Waals surface area (Å²) < 4.78 is 5.22. The number of hydrogen-bond acceptors (Lipinski definition) is 7. The molecule has 0 bridgehead atoms. The van der Waals surface area contributed by atoms with E-state index in [1.165, 1.54) is 6.33 Å². The van der Waals surface area contributed by atoms with Crippen molar-refractivity contribution >= 4 is 24.9 Å². The van der Waals surface area contributed by atoms with Crippen LogP contribution in [0.5, 0.6) is 0 Å².